The number of aromatic nitrogens is 2. The van der Waals surface area contributed by atoms with Gasteiger partial charge in [-0.05, 0) is 33.6 Å². The first-order valence-corrected chi connectivity index (χ1v) is 8.95. The predicted octanol–water partition coefficient (Wildman–Crippen LogP) is 2.81. The fourth-order valence-electron chi connectivity index (χ4n) is 3.09. The molecule has 25 heavy (non-hydrogen) atoms. The molecule has 0 radical (unpaired) electrons. The Hall–Kier alpha value is -1.89. The molecule has 7 heteroatoms. The number of hydrogen-bond donors (Lipinski definition) is 1. The van der Waals surface area contributed by atoms with Gasteiger partial charge in [0.15, 0.2) is 0 Å². The van der Waals surface area contributed by atoms with Gasteiger partial charge in [-0.25, -0.2) is 9.78 Å². The zero-order valence-electron chi connectivity index (χ0n) is 15.2. The predicted molar refractivity (Wildman–Crippen MR) is 91.6 cm³/mol. The third-order valence-electron chi connectivity index (χ3n) is 4.39. The molecule has 1 aromatic heterocycles. The first-order chi connectivity index (χ1) is 11.9. The molecule has 138 valence electrons. The Morgan fingerprint density at radius 3 is 2.56 bits per heavy atom. The van der Waals surface area contributed by atoms with Crippen molar-refractivity contribution in [2.45, 2.75) is 70.1 Å². The van der Waals surface area contributed by atoms with Crippen molar-refractivity contribution in [1.82, 2.24) is 15.3 Å². The number of rotatable bonds is 4. The molecule has 1 saturated heterocycles. The van der Waals surface area contributed by atoms with Crippen molar-refractivity contribution >= 4 is 6.09 Å². The van der Waals surface area contributed by atoms with Crippen LogP contribution in [0, 0.1) is 0 Å². The Bertz CT molecular complexity index is 590. The van der Waals surface area contributed by atoms with E-state index in [0.717, 1.165) is 44.6 Å². The average Bonchev–Trinajstić information content (AvgIpc) is 2.52. The fraction of sp³-hybridized carbons (Fsp3) is 0.722. The lowest BCUT2D eigenvalue weighted by molar-refractivity contribution is 0.0347. The lowest BCUT2D eigenvalue weighted by atomic mass is 9.89. The zero-order valence-corrected chi connectivity index (χ0v) is 15.2. The number of nitrogens with zero attached hydrogens (tertiary/aromatic N) is 2. The van der Waals surface area contributed by atoms with E-state index in [-0.39, 0.29) is 18.2 Å². The van der Waals surface area contributed by atoms with Crippen LogP contribution in [0.15, 0.2) is 12.4 Å². The van der Waals surface area contributed by atoms with Crippen LogP contribution in [-0.2, 0) is 9.47 Å². The van der Waals surface area contributed by atoms with Gasteiger partial charge in [0, 0.05) is 50.4 Å². The van der Waals surface area contributed by atoms with E-state index in [2.05, 4.69) is 15.3 Å². The van der Waals surface area contributed by atoms with Crippen LogP contribution in [0.3, 0.4) is 0 Å². The standard InChI is InChI=1S/C18H27N3O4/c1-18(2,3)25-17(22)21-13-10-14(11-13)24-16-15(19-6-7-20-16)12-4-8-23-9-5-12/h6-7,12-14H,4-5,8-11H2,1-3H3,(H,21,22)/t13-,14+. The number of hydrogen-bond acceptors (Lipinski definition) is 6. The van der Waals surface area contributed by atoms with Crippen LogP contribution < -0.4 is 10.1 Å². The summed E-state index contributed by atoms with van der Waals surface area (Å²) in [5, 5.41) is 2.87. The molecule has 3 rings (SSSR count). The van der Waals surface area contributed by atoms with Crippen LogP contribution in [0.4, 0.5) is 4.79 Å². The van der Waals surface area contributed by atoms with Crippen molar-refractivity contribution in [2.24, 2.45) is 0 Å². The Balaban J connectivity index is 1.49. The maximum atomic E-state index is 11.8. The van der Waals surface area contributed by atoms with Crippen molar-refractivity contribution in [1.29, 1.82) is 0 Å². The summed E-state index contributed by atoms with van der Waals surface area (Å²) < 4.78 is 16.7. The van der Waals surface area contributed by atoms with Gasteiger partial charge in [0.1, 0.15) is 17.4 Å². The fourth-order valence-corrected chi connectivity index (χ4v) is 3.09. The topological polar surface area (TPSA) is 82.6 Å². The molecule has 0 spiro atoms. The third kappa shape index (κ3) is 5.04. The number of carbonyl (C=O) groups excluding carboxylic acids is 1. The van der Waals surface area contributed by atoms with Gasteiger partial charge >= 0.3 is 6.09 Å². The SMILES string of the molecule is CC(C)(C)OC(=O)N[C@H]1C[C@@H](Oc2nccnc2C2CCOCC2)C1. The molecule has 1 N–H and O–H groups in total. The molecule has 1 saturated carbocycles. The molecule has 1 aromatic rings. The lowest BCUT2D eigenvalue weighted by Crippen LogP contribution is -2.50. The zero-order chi connectivity index (χ0) is 17.9. The molecule has 1 aliphatic carbocycles. The highest BCUT2D eigenvalue weighted by Gasteiger charge is 2.34. The summed E-state index contributed by atoms with van der Waals surface area (Å²) in [5.41, 5.74) is 0.441. The Morgan fingerprint density at radius 1 is 1.20 bits per heavy atom. The monoisotopic (exact) mass is 349 g/mol. The quantitative estimate of drug-likeness (QED) is 0.900. The summed E-state index contributed by atoms with van der Waals surface area (Å²) in [6, 6.07) is 0.0862. The van der Waals surface area contributed by atoms with Crippen LogP contribution >= 0.6 is 0 Å². The summed E-state index contributed by atoms with van der Waals surface area (Å²) in [4.78, 5) is 20.6. The van der Waals surface area contributed by atoms with E-state index < -0.39 is 5.60 Å². The molecule has 1 aliphatic heterocycles. The Kier molecular flexibility index (Phi) is 5.42. The molecule has 0 atom stereocenters. The normalized spacial score (nSPS) is 24.3. The van der Waals surface area contributed by atoms with Gasteiger partial charge < -0.3 is 19.5 Å². The summed E-state index contributed by atoms with van der Waals surface area (Å²) in [6.07, 6.45) is 6.45. The molecular formula is C18H27N3O4. The highest BCUT2D eigenvalue weighted by Crippen LogP contribution is 2.33. The highest BCUT2D eigenvalue weighted by molar-refractivity contribution is 5.68. The third-order valence-corrected chi connectivity index (χ3v) is 4.39. The first-order valence-electron chi connectivity index (χ1n) is 8.95. The number of ether oxygens (including phenoxy) is 3. The van der Waals surface area contributed by atoms with Crippen LogP contribution in [-0.4, -0.2) is 47.0 Å². The number of carbonyl (C=O) groups is 1. The van der Waals surface area contributed by atoms with Crippen molar-refractivity contribution in [3.8, 4) is 5.88 Å². The molecule has 7 nitrogen and oxygen atoms in total. The van der Waals surface area contributed by atoms with E-state index in [9.17, 15) is 4.79 Å². The van der Waals surface area contributed by atoms with E-state index in [1.54, 1.807) is 12.4 Å². The largest absolute Gasteiger partial charge is 0.473 e. The van der Waals surface area contributed by atoms with E-state index >= 15 is 0 Å². The Morgan fingerprint density at radius 2 is 1.88 bits per heavy atom. The molecule has 0 bridgehead atoms. The summed E-state index contributed by atoms with van der Waals surface area (Å²) >= 11 is 0. The first kappa shape index (κ1) is 17.9. The van der Waals surface area contributed by atoms with Crippen LogP contribution in [0.1, 0.15) is 58.1 Å². The van der Waals surface area contributed by atoms with E-state index in [1.807, 2.05) is 20.8 Å². The van der Waals surface area contributed by atoms with Crippen molar-refractivity contribution in [3.05, 3.63) is 18.1 Å². The van der Waals surface area contributed by atoms with Crippen LogP contribution in [0.5, 0.6) is 5.88 Å². The average molecular weight is 349 g/mol. The maximum absolute atomic E-state index is 11.8. The van der Waals surface area contributed by atoms with E-state index in [1.165, 1.54) is 0 Å². The summed E-state index contributed by atoms with van der Waals surface area (Å²) in [7, 11) is 0. The van der Waals surface area contributed by atoms with Gasteiger partial charge in [0.2, 0.25) is 5.88 Å². The minimum Gasteiger partial charge on any atom is -0.473 e. The number of amides is 1. The van der Waals surface area contributed by atoms with Gasteiger partial charge in [0.25, 0.3) is 0 Å². The van der Waals surface area contributed by atoms with Crippen LogP contribution in [0.25, 0.3) is 0 Å². The second-order valence-electron chi connectivity index (χ2n) is 7.69. The molecule has 2 heterocycles. The van der Waals surface area contributed by atoms with Gasteiger partial charge in [-0.3, -0.25) is 4.98 Å². The molecule has 0 unspecified atom stereocenters. The molecule has 0 aromatic carbocycles. The summed E-state index contributed by atoms with van der Waals surface area (Å²) in [5.74, 6) is 0.961. The van der Waals surface area contributed by atoms with Crippen molar-refractivity contribution < 1.29 is 19.0 Å². The lowest BCUT2D eigenvalue weighted by Gasteiger charge is -2.36. The number of nitrogens with one attached hydrogen (secondary N) is 1. The molecule has 2 fully saturated rings. The minimum atomic E-state index is -0.484. The molecule has 1 amide bonds. The smallest absolute Gasteiger partial charge is 0.407 e. The van der Waals surface area contributed by atoms with Crippen LogP contribution in [0.2, 0.25) is 0 Å². The van der Waals surface area contributed by atoms with Crippen molar-refractivity contribution in [3.63, 3.8) is 0 Å². The van der Waals surface area contributed by atoms with E-state index in [4.69, 9.17) is 14.2 Å². The summed E-state index contributed by atoms with van der Waals surface area (Å²) in [6.45, 7) is 7.07. The highest BCUT2D eigenvalue weighted by atomic mass is 16.6. The van der Waals surface area contributed by atoms with Gasteiger partial charge in [-0.1, -0.05) is 0 Å². The van der Waals surface area contributed by atoms with Crippen molar-refractivity contribution in [2.75, 3.05) is 13.2 Å². The molecule has 2 aliphatic rings. The second-order valence-corrected chi connectivity index (χ2v) is 7.69. The maximum Gasteiger partial charge on any atom is 0.407 e. The molecular weight excluding hydrogens is 322 g/mol. The van der Waals surface area contributed by atoms with Gasteiger partial charge in [-0.2, -0.15) is 0 Å². The number of alkyl carbamates (subject to hydrolysis) is 1. The van der Waals surface area contributed by atoms with Gasteiger partial charge in [0.05, 0.1) is 0 Å². The minimum absolute atomic E-state index is 0.0511. The second kappa shape index (κ2) is 7.56. The van der Waals surface area contributed by atoms with E-state index in [0.29, 0.717) is 11.8 Å². The van der Waals surface area contributed by atoms with Gasteiger partial charge in [-0.15, -0.1) is 0 Å². The Labute approximate surface area is 148 Å².